The van der Waals surface area contributed by atoms with Crippen molar-refractivity contribution in [1.29, 1.82) is 0 Å². The molecule has 2 amide bonds. The van der Waals surface area contributed by atoms with Gasteiger partial charge >= 0.3 is 6.03 Å². The molecule has 1 aromatic carbocycles. The maximum Gasteiger partial charge on any atom is 0.321 e. The SMILES string of the molecule is O=C(Nc1cccc(Cn2cccn2)c1)N1CCCCCC1. The number of benzene rings is 1. The summed E-state index contributed by atoms with van der Waals surface area (Å²) in [6, 6.07) is 9.88. The van der Waals surface area contributed by atoms with Crippen LogP contribution in [-0.4, -0.2) is 33.8 Å². The summed E-state index contributed by atoms with van der Waals surface area (Å²) in [4.78, 5) is 14.3. The molecule has 116 valence electrons. The van der Waals surface area contributed by atoms with Gasteiger partial charge < -0.3 is 10.2 Å². The van der Waals surface area contributed by atoms with Crippen LogP contribution in [0.3, 0.4) is 0 Å². The van der Waals surface area contributed by atoms with Gasteiger partial charge in [-0.2, -0.15) is 5.10 Å². The smallest absolute Gasteiger partial charge is 0.321 e. The third kappa shape index (κ3) is 3.87. The summed E-state index contributed by atoms with van der Waals surface area (Å²) in [5.74, 6) is 0. The summed E-state index contributed by atoms with van der Waals surface area (Å²) in [7, 11) is 0. The number of amides is 2. The van der Waals surface area contributed by atoms with E-state index in [1.165, 1.54) is 12.8 Å². The van der Waals surface area contributed by atoms with Crippen molar-refractivity contribution in [1.82, 2.24) is 14.7 Å². The number of hydrogen-bond acceptors (Lipinski definition) is 2. The predicted molar refractivity (Wildman–Crippen MR) is 86.8 cm³/mol. The minimum atomic E-state index is 0.0122. The third-order valence-corrected chi connectivity index (χ3v) is 3.98. The Bertz CT molecular complexity index is 601. The number of urea groups is 1. The van der Waals surface area contributed by atoms with Gasteiger partial charge in [0.2, 0.25) is 0 Å². The second-order valence-electron chi connectivity index (χ2n) is 5.74. The quantitative estimate of drug-likeness (QED) is 0.945. The first-order valence-corrected chi connectivity index (χ1v) is 7.93. The number of carbonyl (C=O) groups excluding carboxylic acids is 1. The Morgan fingerprint density at radius 1 is 1.14 bits per heavy atom. The van der Waals surface area contributed by atoms with Gasteiger partial charge in [0.15, 0.2) is 0 Å². The topological polar surface area (TPSA) is 50.2 Å². The molecule has 0 radical (unpaired) electrons. The number of hydrogen-bond donors (Lipinski definition) is 1. The molecule has 0 unspecified atom stereocenters. The highest BCUT2D eigenvalue weighted by Crippen LogP contribution is 2.15. The van der Waals surface area contributed by atoms with E-state index in [4.69, 9.17) is 0 Å². The first-order valence-electron chi connectivity index (χ1n) is 7.93. The van der Waals surface area contributed by atoms with Crippen molar-refractivity contribution in [3.05, 3.63) is 48.3 Å². The highest BCUT2D eigenvalue weighted by Gasteiger charge is 2.15. The van der Waals surface area contributed by atoms with Crippen LogP contribution < -0.4 is 5.32 Å². The van der Waals surface area contributed by atoms with Gasteiger partial charge in [0.05, 0.1) is 6.54 Å². The molecule has 0 atom stereocenters. The molecule has 1 aliphatic rings. The summed E-state index contributed by atoms with van der Waals surface area (Å²) in [6.45, 7) is 2.43. The Kier molecular flexibility index (Phi) is 4.73. The summed E-state index contributed by atoms with van der Waals surface area (Å²) >= 11 is 0. The van der Waals surface area contributed by atoms with E-state index in [1.54, 1.807) is 6.20 Å². The van der Waals surface area contributed by atoms with Crippen molar-refractivity contribution in [2.45, 2.75) is 32.2 Å². The largest absolute Gasteiger partial charge is 0.325 e. The van der Waals surface area contributed by atoms with E-state index in [0.29, 0.717) is 6.54 Å². The van der Waals surface area contributed by atoms with E-state index < -0.39 is 0 Å². The molecule has 5 nitrogen and oxygen atoms in total. The average Bonchev–Trinajstić information content (AvgIpc) is 2.87. The monoisotopic (exact) mass is 298 g/mol. The number of nitrogens with one attached hydrogen (secondary N) is 1. The molecule has 2 heterocycles. The summed E-state index contributed by atoms with van der Waals surface area (Å²) in [5.41, 5.74) is 1.97. The molecular weight excluding hydrogens is 276 g/mol. The lowest BCUT2D eigenvalue weighted by molar-refractivity contribution is 0.214. The summed E-state index contributed by atoms with van der Waals surface area (Å²) < 4.78 is 1.87. The maximum absolute atomic E-state index is 12.3. The van der Waals surface area contributed by atoms with E-state index in [2.05, 4.69) is 10.4 Å². The molecule has 1 saturated heterocycles. The molecule has 22 heavy (non-hydrogen) atoms. The highest BCUT2D eigenvalue weighted by molar-refractivity contribution is 5.89. The van der Waals surface area contributed by atoms with Crippen LogP contribution in [0.15, 0.2) is 42.7 Å². The lowest BCUT2D eigenvalue weighted by Gasteiger charge is -2.21. The average molecular weight is 298 g/mol. The van der Waals surface area contributed by atoms with Gasteiger partial charge in [-0.15, -0.1) is 0 Å². The van der Waals surface area contributed by atoms with Crippen LogP contribution in [0.5, 0.6) is 0 Å². The van der Waals surface area contributed by atoms with Gasteiger partial charge in [-0.1, -0.05) is 25.0 Å². The van der Waals surface area contributed by atoms with Crippen molar-refractivity contribution in [3.63, 3.8) is 0 Å². The molecule has 1 N–H and O–H groups in total. The Labute approximate surface area is 130 Å². The van der Waals surface area contributed by atoms with E-state index in [9.17, 15) is 4.79 Å². The standard InChI is InChI=1S/C17H22N4O/c22-17(20-10-3-1-2-4-11-20)19-16-8-5-7-15(13-16)14-21-12-6-9-18-21/h5-9,12-13H,1-4,10-11,14H2,(H,19,22). The van der Waals surface area contributed by atoms with E-state index >= 15 is 0 Å². The number of likely N-dealkylation sites (tertiary alicyclic amines) is 1. The fourth-order valence-corrected chi connectivity index (χ4v) is 2.80. The predicted octanol–water partition coefficient (Wildman–Crippen LogP) is 3.34. The number of nitrogens with zero attached hydrogens (tertiary/aromatic N) is 3. The van der Waals surface area contributed by atoms with Crippen LogP contribution in [0.4, 0.5) is 10.5 Å². The molecule has 0 saturated carbocycles. The van der Waals surface area contributed by atoms with E-state index in [0.717, 1.165) is 37.2 Å². The molecule has 0 aliphatic carbocycles. The van der Waals surface area contributed by atoms with Gasteiger partial charge in [0, 0.05) is 31.2 Å². The molecule has 3 rings (SSSR count). The number of aromatic nitrogens is 2. The van der Waals surface area contributed by atoms with Crippen LogP contribution in [-0.2, 0) is 6.54 Å². The molecule has 0 spiro atoms. The first-order chi connectivity index (χ1) is 10.8. The lowest BCUT2D eigenvalue weighted by Crippen LogP contribution is -2.35. The zero-order valence-electron chi connectivity index (χ0n) is 12.7. The molecule has 1 aromatic heterocycles. The Hall–Kier alpha value is -2.30. The highest BCUT2D eigenvalue weighted by atomic mass is 16.2. The minimum Gasteiger partial charge on any atom is -0.325 e. The van der Waals surface area contributed by atoms with E-state index in [-0.39, 0.29) is 6.03 Å². The lowest BCUT2D eigenvalue weighted by atomic mass is 10.2. The van der Waals surface area contributed by atoms with Gasteiger partial charge in [0.1, 0.15) is 0 Å². The van der Waals surface area contributed by atoms with Crippen LogP contribution >= 0.6 is 0 Å². The van der Waals surface area contributed by atoms with Crippen LogP contribution in [0.2, 0.25) is 0 Å². The number of anilines is 1. The second kappa shape index (κ2) is 7.11. The fourth-order valence-electron chi connectivity index (χ4n) is 2.80. The van der Waals surface area contributed by atoms with Gasteiger partial charge in [0.25, 0.3) is 0 Å². The fraction of sp³-hybridized carbons (Fsp3) is 0.412. The molecule has 2 aromatic rings. The third-order valence-electron chi connectivity index (χ3n) is 3.98. The van der Waals surface area contributed by atoms with E-state index in [1.807, 2.05) is 46.1 Å². The molecule has 5 heteroatoms. The summed E-state index contributed by atoms with van der Waals surface area (Å²) in [5, 5.41) is 7.22. The van der Waals surface area contributed by atoms with Gasteiger partial charge in [-0.05, 0) is 36.6 Å². The van der Waals surface area contributed by atoms with Crippen LogP contribution in [0.1, 0.15) is 31.2 Å². The van der Waals surface area contributed by atoms with Gasteiger partial charge in [-0.25, -0.2) is 4.79 Å². The maximum atomic E-state index is 12.3. The van der Waals surface area contributed by atoms with Crippen molar-refractivity contribution >= 4 is 11.7 Å². The molecule has 1 aliphatic heterocycles. The normalized spacial score (nSPS) is 15.4. The zero-order valence-corrected chi connectivity index (χ0v) is 12.7. The van der Waals surface area contributed by atoms with Crippen molar-refractivity contribution < 1.29 is 4.79 Å². The second-order valence-corrected chi connectivity index (χ2v) is 5.74. The summed E-state index contributed by atoms with van der Waals surface area (Å²) in [6.07, 6.45) is 8.36. The Morgan fingerprint density at radius 2 is 1.95 bits per heavy atom. The van der Waals surface area contributed by atoms with Crippen LogP contribution in [0, 0.1) is 0 Å². The van der Waals surface area contributed by atoms with Gasteiger partial charge in [-0.3, -0.25) is 4.68 Å². The number of rotatable bonds is 3. The number of carbonyl (C=O) groups is 1. The molecule has 1 fully saturated rings. The van der Waals surface area contributed by atoms with Crippen molar-refractivity contribution in [2.75, 3.05) is 18.4 Å². The minimum absolute atomic E-state index is 0.0122. The Balaban J connectivity index is 1.63. The first kappa shape index (κ1) is 14.6. The Morgan fingerprint density at radius 3 is 2.68 bits per heavy atom. The van der Waals surface area contributed by atoms with Crippen molar-refractivity contribution in [2.24, 2.45) is 0 Å². The molecule has 0 bridgehead atoms. The van der Waals surface area contributed by atoms with Crippen molar-refractivity contribution in [3.8, 4) is 0 Å². The van der Waals surface area contributed by atoms with Crippen LogP contribution in [0.25, 0.3) is 0 Å². The molecular formula is C17H22N4O. The zero-order chi connectivity index (χ0) is 15.2.